The van der Waals surface area contributed by atoms with E-state index >= 15 is 0 Å². The minimum absolute atomic E-state index is 0.0935. The highest BCUT2D eigenvalue weighted by molar-refractivity contribution is 6.10. The first kappa shape index (κ1) is 24.1. The number of halogens is 3. The Morgan fingerprint density at radius 2 is 1.65 bits per heavy atom. The topological polar surface area (TPSA) is 67.7 Å². The molecule has 5 rings (SSSR count). The smallest absolute Gasteiger partial charge is 0.406 e. The van der Waals surface area contributed by atoms with Crippen LogP contribution >= 0.6 is 0 Å². The lowest BCUT2D eigenvalue weighted by Crippen LogP contribution is -2.37. The number of fused-ring (bicyclic) bond motifs is 1. The van der Waals surface area contributed by atoms with E-state index in [4.69, 9.17) is 0 Å². The Labute approximate surface area is 210 Å². The van der Waals surface area contributed by atoms with Crippen molar-refractivity contribution in [3.05, 3.63) is 96.3 Å². The van der Waals surface area contributed by atoms with E-state index in [1.54, 1.807) is 36.1 Å². The molecule has 2 heterocycles. The number of hydrogen-bond acceptors (Lipinski definition) is 4. The number of carbonyl (C=O) groups excluding carboxylic acids is 2. The van der Waals surface area contributed by atoms with Crippen LogP contribution in [-0.4, -0.2) is 46.4 Å². The van der Waals surface area contributed by atoms with E-state index in [1.165, 1.54) is 34.1 Å². The average molecular weight is 506 g/mol. The van der Waals surface area contributed by atoms with Crippen LogP contribution in [0.4, 0.5) is 18.9 Å². The summed E-state index contributed by atoms with van der Waals surface area (Å²) in [5.74, 6) is -0.887. The number of anilines is 1. The van der Waals surface area contributed by atoms with Gasteiger partial charge in [0.1, 0.15) is 12.3 Å². The molecule has 0 unspecified atom stereocenters. The molecule has 1 aliphatic heterocycles. The summed E-state index contributed by atoms with van der Waals surface area (Å²) in [6.07, 6.45) is -1.27. The van der Waals surface area contributed by atoms with Gasteiger partial charge in [-0.1, -0.05) is 30.3 Å². The fourth-order valence-electron chi connectivity index (χ4n) is 4.20. The summed E-state index contributed by atoms with van der Waals surface area (Å²) in [5.41, 5.74) is 3.73. The van der Waals surface area contributed by atoms with Gasteiger partial charge in [0.15, 0.2) is 0 Å². The molecular weight excluding hydrogens is 485 g/mol. The van der Waals surface area contributed by atoms with Crippen molar-refractivity contribution in [3.8, 4) is 22.6 Å². The number of alkyl halides is 3. The third-order valence-electron chi connectivity index (χ3n) is 6.08. The molecule has 4 aromatic rings. The molecule has 3 aromatic carbocycles. The minimum Gasteiger partial charge on any atom is -0.406 e. The second-order valence-corrected chi connectivity index (χ2v) is 8.54. The molecule has 37 heavy (non-hydrogen) atoms. The lowest BCUT2D eigenvalue weighted by molar-refractivity contribution is -0.274. The Kier molecular flexibility index (Phi) is 6.16. The molecule has 0 saturated carbocycles. The van der Waals surface area contributed by atoms with Crippen LogP contribution in [0, 0.1) is 0 Å². The van der Waals surface area contributed by atoms with Gasteiger partial charge in [-0.2, -0.15) is 5.10 Å². The van der Waals surface area contributed by atoms with E-state index in [-0.39, 0.29) is 30.7 Å². The summed E-state index contributed by atoms with van der Waals surface area (Å²) in [7, 11) is 1.61. The van der Waals surface area contributed by atoms with Gasteiger partial charge in [-0.15, -0.1) is 13.2 Å². The number of likely N-dealkylation sites (N-methyl/N-ethyl adjacent to an activating group) is 1. The summed E-state index contributed by atoms with van der Waals surface area (Å²) in [6.45, 7) is 0.134. The number of amides is 2. The van der Waals surface area contributed by atoms with Gasteiger partial charge in [0.2, 0.25) is 5.91 Å². The third kappa shape index (κ3) is 5.18. The second-order valence-electron chi connectivity index (χ2n) is 8.54. The number of benzene rings is 3. The quantitative estimate of drug-likeness (QED) is 0.380. The highest BCUT2D eigenvalue weighted by atomic mass is 19.4. The van der Waals surface area contributed by atoms with E-state index in [0.717, 1.165) is 11.3 Å². The molecule has 0 fully saturated rings. The molecule has 0 atom stereocenters. The first-order chi connectivity index (χ1) is 17.7. The zero-order chi connectivity index (χ0) is 26.2. The normalized spacial score (nSPS) is 13.9. The first-order valence-electron chi connectivity index (χ1n) is 11.3. The highest BCUT2D eigenvalue weighted by Gasteiger charge is 2.32. The number of carbonyl (C=O) groups is 2. The Balaban J connectivity index is 1.42. The summed E-state index contributed by atoms with van der Waals surface area (Å²) < 4.78 is 43.1. The Morgan fingerprint density at radius 1 is 0.946 bits per heavy atom. The minimum atomic E-state index is -4.78. The zero-order valence-corrected chi connectivity index (χ0v) is 19.6. The number of nitrogens with zero attached hydrogens (tertiary/aromatic N) is 4. The fourth-order valence-corrected chi connectivity index (χ4v) is 4.20. The molecule has 10 heteroatoms. The SMILES string of the molecule is CN1C(=O)CN(Cc2ccc(-n3cccn3)cc2)C(=O)c2cc(-c3ccc(OC(F)(F)F)cc3)ccc21. The van der Waals surface area contributed by atoms with Gasteiger partial charge in [0.25, 0.3) is 5.91 Å². The standard InChI is InChI=1S/C27H21F3N4O3/c1-32-24-12-7-20(19-5-10-22(11-6-19)37-27(28,29)30)15-23(24)26(36)33(17-25(32)35)16-18-3-8-21(9-4-18)34-14-2-13-31-34/h2-15H,16-17H2,1H3. The molecule has 0 radical (unpaired) electrons. The van der Waals surface area contributed by atoms with Crippen molar-refractivity contribution in [1.29, 1.82) is 0 Å². The third-order valence-corrected chi connectivity index (χ3v) is 6.08. The van der Waals surface area contributed by atoms with Gasteiger partial charge >= 0.3 is 6.36 Å². The van der Waals surface area contributed by atoms with E-state index < -0.39 is 6.36 Å². The largest absolute Gasteiger partial charge is 0.573 e. The number of aromatic nitrogens is 2. The van der Waals surface area contributed by atoms with E-state index in [9.17, 15) is 22.8 Å². The van der Waals surface area contributed by atoms with E-state index in [2.05, 4.69) is 9.84 Å². The van der Waals surface area contributed by atoms with Crippen molar-refractivity contribution in [1.82, 2.24) is 14.7 Å². The molecule has 0 spiro atoms. The summed E-state index contributed by atoms with van der Waals surface area (Å²) in [5, 5.41) is 4.20. The highest BCUT2D eigenvalue weighted by Crippen LogP contribution is 2.32. The van der Waals surface area contributed by atoms with Crippen LogP contribution in [0.25, 0.3) is 16.8 Å². The van der Waals surface area contributed by atoms with Crippen molar-refractivity contribution in [3.63, 3.8) is 0 Å². The molecule has 188 valence electrons. The van der Waals surface area contributed by atoms with Crippen molar-refractivity contribution in [2.45, 2.75) is 12.9 Å². The lowest BCUT2D eigenvalue weighted by Gasteiger charge is -2.20. The van der Waals surface area contributed by atoms with Crippen LogP contribution in [0.1, 0.15) is 15.9 Å². The van der Waals surface area contributed by atoms with Gasteiger partial charge < -0.3 is 14.5 Å². The maximum atomic E-state index is 13.6. The summed E-state index contributed by atoms with van der Waals surface area (Å²) in [4.78, 5) is 29.3. The first-order valence-corrected chi connectivity index (χ1v) is 11.3. The second kappa shape index (κ2) is 9.45. The maximum Gasteiger partial charge on any atom is 0.573 e. The van der Waals surface area contributed by atoms with Crippen LogP contribution in [0.5, 0.6) is 5.75 Å². The van der Waals surface area contributed by atoms with Crippen LogP contribution in [0.15, 0.2) is 85.2 Å². The molecule has 0 bridgehead atoms. The van der Waals surface area contributed by atoms with Crippen molar-refractivity contribution < 1.29 is 27.5 Å². The van der Waals surface area contributed by atoms with Crippen molar-refractivity contribution in [2.75, 3.05) is 18.5 Å². The number of hydrogen-bond donors (Lipinski definition) is 0. The van der Waals surface area contributed by atoms with Crippen LogP contribution < -0.4 is 9.64 Å². The van der Waals surface area contributed by atoms with E-state index in [0.29, 0.717) is 22.4 Å². The summed E-state index contributed by atoms with van der Waals surface area (Å²) in [6, 6.07) is 19.8. The molecule has 2 amide bonds. The van der Waals surface area contributed by atoms with Crippen LogP contribution in [0.2, 0.25) is 0 Å². The van der Waals surface area contributed by atoms with E-state index in [1.807, 2.05) is 36.5 Å². The zero-order valence-electron chi connectivity index (χ0n) is 19.6. The molecule has 1 aliphatic rings. The molecule has 7 nitrogen and oxygen atoms in total. The molecular formula is C27H21F3N4O3. The number of rotatable bonds is 5. The Morgan fingerprint density at radius 3 is 2.30 bits per heavy atom. The van der Waals surface area contributed by atoms with Gasteiger partial charge in [-0.05, 0) is 59.2 Å². The predicted octanol–water partition coefficient (Wildman–Crippen LogP) is 5.06. The summed E-state index contributed by atoms with van der Waals surface area (Å²) >= 11 is 0. The fraction of sp³-hybridized carbons (Fsp3) is 0.148. The van der Waals surface area contributed by atoms with Crippen molar-refractivity contribution >= 4 is 17.5 Å². The molecule has 0 N–H and O–H groups in total. The van der Waals surface area contributed by atoms with Gasteiger partial charge in [-0.3, -0.25) is 9.59 Å². The average Bonchev–Trinajstić information content (AvgIpc) is 3.40. The Bertz CT molecular complexity index is 1430. The van der Waals surface area contributed by atoms with Gasteiger partial charge in [-0.25, -0.2) is 4.68 Å². The molecule has 1 aromatic heterocycles. The maximum absolute atomic E-state index is 13.6. The Hall–Kier alpha value is -4.60. The molecule has 0 saturated heterocycles. The predicted molar refractivity (Wildman–Crippen MR) is 130 cm³/mol. The molecule has 0 aliphatic carbocycles. The van der Waals surface area contributed by atoms with Crippen LogP contribution in [-0.2, 0) is 11.3 Å². The van der Waals surface area contributed by atoms with Gasteiger partial charge in [0.05, 0.1) is 16.9 Å². The van der Waals surface area contributed by atoms with Gasteiger partial charge in [0, 0.05) is 26.0 Å². The van der Waals surface area contributed by atoms with Crippen LogP contribution in [0.3, 0.4) is 0 Å². The number of ether oxygens (including phenoxy) is 1. The monoisotopic (exact) mass is 506 g/mol. The van der Waals surface area contributed by atoms with Crippen molar-refractivity contribution in [2.24, 2.45) is 0 Å². The lowest BCUT2D eigenvalue weighted by atomic mass is 10.0.